The quantitative estimate of drug-likeness (QED) is 0.921. The molecule has 94 valence electrons. The van der Waals surface area contributed by atoms with Gasteiger partial charge in [0.2, 0.25) is 0 Å². The van der Waals surface area contributed by atoms with Crippen molar-refractivity contribution in [3.8, 4) is 5.75 Å². The lowest BCUT2D eigenvalue weighted by atomic mass is 10.0. The lowest BCUT2D eigenvalue weighted by Gasteiger charge is -2.17. The van der Waals surface area contributed by atoms with Crippen LogP contribution in [-0.4, -0.2) is 17.1 Å². The second-order valence-corrected chi connectivity index (χ2v) is 5.66. The molecule has 2 unspecified atom stereocenters. The number of fused-ring (bicyclic) bond motifs is 1. The largest absolute Gasteiger partial charge is 0.488 e. The average molecular weight is 260 g/mol. The minimum absolute atomic E-state index is 0.00273. The second kappa shape index (κ2) is 4.71. The number of aryl methyl sites for hydroxylation is 1. The molecule has 1 aromatic carbocycles. The zero-order chi connectivity index (χ0) is 12.5. The van der Waals surface area contributed by atoms with Crippen LogP contribution in [0.5, 0.6) is 5.75 Å². The molecule has 0 amide bonds. The number of nitrogens with zero attached hydrogens (tertiary/aromatic N) is 1. The van der Waals surface area contributed by atoms with Crippen LogP contribution in [0.15, 0.2) is 29.6 Å². The molecule has 0 bridgehead atoms. The molecule has 18 heavy (non-hydrogen) atoms. The van der Waals surface area contributed by atoms with Gasteiger partial charge in [0, 0.05) is 30.0 Å². The van der Waals surface area contributed by atoms with Crippen molar-refractivity contribution in [1.29, 1.82) is 0 Å². The first-order valence-corrected chi connectivity index (χ1v) is 7.01. The first kappa shape index (κ1) is 11.7. The Morgan fingerprint density at radius 1 is 1.50 bits per heavy atom. The van der Waals surface area contributed by atoms with Gasteiger partial charge in [-0.15, -0.1) is 11.3 Å². The summed E-state index contributed by atoms with van der Waals surface area (Å²) in [6.07, 6.45) is 1.77. The van der Waals surface area contributed by atoms with E-state index in [1.165, 1.54) is 5.56 Å². The van der Waals surface area contributed by atoms with Gasteiger partial charge in [0.1, 0.15) is 11.9 Å². The molecule has 0 saturated carbocycles. The van der Waals surface area contributed by atoms with E-state index >= 15 is 0 Å². The van der Waals surface area contributed by atoms with Crippen LogP contribution in [0.1, 0.15) is 16.3 Å². The SMILES string of the molecule is Cc1csc(CC(N)C2Cc3ccccc3O2)n1. The normalized spacial score (nSPS) is 19.3. The van der Waals surface area contributed by atoms with Gasteiger partial charge >= 0.3 is 0 Å². The number of ether oxygens (including phenoxy) is 1. The van der Waals surface area contributed by atoms with Crippen LogP contribution in [0.3, 0.4) is 0 Å². The molecule has 0 spiro atoms. The van der Waals surface area contributed by atoms with E-state index in [0.29, 0.717) is 0 Å². The Morgan fingerprint density at radius 3 is 3.06 bits per heavy atom. The Labute approximate surface area is 111 Å². The summed E-state index contributed by atoms with van der Waals surface area (Å²) in [5.74, 6) is 0.980. The maximum absolute atomic E-state index is 6.24. The molecule has 3 rings (SSSR count). The molecule has 0 fully saturated rings. The molecule has 0 aliphatic carbocycles. The summed E-state index contributed by atoms with van der Waals surface area (Å²) in [6.45, 7) is 2.01. The molecule has 3 nitrogen and oxygen atoms in total. The Hall–Kier alpha value is -1.39. The van der Waals surface area contributed by atoms with E-state index in [1.807, 2.05) is 25.1 Å². The summed E-state index contributed by atoms with van der Waals surface area (Å²) >= 11 is 1.67. The molecule has 2 N–H and O–H groups in total. The van der Waals surface area contributed by atoms with E-state index in [2.05, 4.69) is 16.4 Å². The maximum Gasteiger partial charge on any atom is 0.123 e. The first-order chi connectivity index (χ1) is 8.72. The van der Waals surface area contributed by atoms with Crippen LogP contribution in [0, 0.1) is 6.92 Å². The van der Waals surface area contributed by atoms with Gasteiger partial charge in [-0.3, -0.25) is 0 Å². The van der Waals surface area contributed by atoms with Gasteiger partial charge in [-0.25, -0.2) is 4.98 Å². The zero-order valence-corrected chi connectivity index (χ0v) is 11.1. The predicted octanol–water partition coefficient (Wildman–Crippen LogP) is 2.33. The van der Waals surface area contributed by atoms with Crippen LogP contribution < -0.4 is 10.5 Å². The fraction of sp³-hybridized carbons (Fsp3) is 0.357. The van der Waals surface area contributed by atoms with Crippen molar-refractivity contribution in [2.45, 2.75) is 31.9 Å². The van der Waals surface area contributed by atoms with Crippen molar-refractivity contribution >= 4 is 11.3 Å². The highest BCUT2D eigenvalue weighted by Crippen LogP contribution is 2.29. The Kier molecular flexibility index (Phi) is 3.06. The van der Waals surface area contributed by atoms with Crippen LogP contribution in [0.25, 0.3) is 0 Å². The summed E-state index contributed by atoms with van der Waals surface area (Å²) in [5, 5.41) is 3.16. The summed E-state index contributed by atoms with van der Waals surface area (Å²) in [7, 11) is 0. The number of nitrogens with two attached hydrogens (primary N) is 1. The van der Waals surface area contributed by atoms with Crippen LogP contribution >= 0.6 is 11.3 Å². The van der Waals surface area contributed by atoms with Gasteiger partial charge in [0.05, 0.1) is 5.01 Å². The molecular formula is C14H16N2OS. The minimum Gasteiger partial charge on any atom is -0.488 e. The predicted molar refractivity (Wildman–Crippen MR) is 73.1 cm³/mol. The van der Waals surface area contributed by atoms with Crippen molar-refractivity contribution in [1.82, 2.24) is 4.98 Å². The minimum atomic E-state index is 0.00273. The summed E-state index contributed by atoms with van der Waals surface area (Å²) < 4.78 is 5.90. The Morgan fingerprint density at radius 2 is 2.33 bits per heavy atom. The molecule has 0 saturated heterocycles. The Bertz CT molecular complexity index is 527. The maximum atomic E-state index is 6.24. The number of thiazole rings is 1. The lowest BCUT2D eigenvalue weighted by Crippen LogP contribution is -2.39. The molecule has 2 aromatic rings. The molecule has 1 aliphatic heterocycles. The third-order valence-electron chi connectivity index (χ3n) is 3.23. The number of benzene rings is 1. The molecule has 1 aromatic heterocycles. The number of hydrogen-bond acceptors (Lipinski definition) is 4. The number of rotatable bonds is 3. The molecule has 4 heteroatoms. The Balaban J connectivity index is 1.67. The standard InChI is InChI=1S/C14H16N2OS/c1-9-8-18-14(16-9)7-11(15)13-6-10-4-2-3-5-12(10)17-13/h2-5,8,11,13H,6-7,15H2,1H3. The van der Waals surface area contributed by atoms with Crippen LogP contribution in [-0.2, 0) is 12.8 Å². The number of aromatic nitrogens is 1. The fourth-order valence-electron chi connectivity index (χ4n) is 2.28. The fourth-order valence-corrected chi connectivity index (χ4v) is 3.12. The summed E-state index contributed by atoms with van der Waals surface area (Å²) in [6, 6.07) is 8.16. The van der Waals surface area contributed by atoms with E-state index in [4.69, 9.17) is 10.5 Å². The molecule has 0 radical (unpaired) electrons. The van der Waals surface area contributed by atoms with Crippen LogP contribution in [0.4, 0.5) is 0 Å². The van der Waals surface area contributed by atoms with Gasteiger partial charge < -0.3 is 10.5 Å². The zero-order valence-electron chi connectivity index (χ0n) is 10.3. The number of para-hydroxylation sites is 1. The van der Waals surface area contributed by atoms with Crippen molar-refractivity contribution < 1.29 is 4.74 Å². The first-order valence-electron chi connectivity index (χ1n) is 6.13. The molecular weight excluding hydrogens is 244 g/mol. The molecule has 2 atom stereocenters. The van der Waals surface area contributed by atoms with E-state index in [0.717, 1.165) is 29.3 Å². The summed E-state index contributed by atoms with van der Waals surface area (Å²) in [5.41, 5.74) is 8.57. The van der Waals surface area contributed by atoms with Gasteiger partial charge in [-0.2, -0.15) is 0 Å². The monoisotopic (exact) mass is 260 g/mol. The topological polar surface area (TPSA) is 48.1 Å². The van der Waals surface area contributed by atoms with E-state index in [1.54, 1.807) is 11.3 Å². The third kappa shape index (κ3) is 2.26. The highest BCUT2D eigenvalue weighted by molar-refractivity contribution is 7.09. The van der Waals surface area contributed by atoms with Gasteiger partial charge in [0.25, 0.3) is 0 Å². The van der Waals surface area contributed by atoms with Gasteiger partial charge in [0.15, 0.2) is 0 Å². The third-order valence-corrected chi connectivity index (χ3v) is 4.22. The lowest BCUT2D eigenvalue weighted by molar-refractivity contribution is 0.198. The highest BCUT2D eigenvalue weighted by atomic mass is 32.1. The van der Waals surface area contributed by atoms with Gasteiger partial charge in [-0.1, -0.05) is 18.2 Å². The molecule has 1 aliphatic rings. The van der Waals surface area contributed by atoms with Crippen LogP contribution in [0.2, 0.25) is 0 Å². The smallest absolute Gasteiger partial charge is 0.123 e. The van der Waals surface area contributed by atoms with Crippen molar-refractivity contribution in [2.75, 3.05) is 0 Å². The average Bonchev–Trinajstić information content (AvgIpc) is 2.95. The van der Waals surface area contributed by atoms with E-state index < -0.39 is 0 Å². The van der Waals surface area contributed by atoms with Crippen molar-refractivity contribution in [2.24, 2.45) is 5.73 Å². The second-order valence-electron chi connectivity index (χ2n) is 4.72. The van der Waals surface area contributed by atoms with E-state index in [-0.39, 0.29) is 12.1 Å². The van der Waals surface area contributed by atoms with Crippen molar-refractivity contribution in [3.63, 3.8) is 0 Å². The summed E-state index contributed by atoms with van der Waals surface area (Å²) in [4.78, 5) is 4.45. The highest BCUT2D eigenvalue weighted by Gasteiger charge is 2.28. The molecule has 2 heterocycles. The van der Waals surface area contributed by atoms with E-state index in [9.17, 15) is 0 Å². The van der Waals surface area contributed by atoms with Crippen molar-refractivity contribution in [3.05, 3.63) is 45.9 Å². The van der Waals surface area contributed by atoms with Gasteiger partial charge in [-0.05, 0) is 18.6 Å². The number of hydrogen-bond donors (Lipinski definition) is 1.